The third-order valence-electron chi connectivity index (χ3n) is 5.08. The lowest BCUT2D eigenvalue weighted by Crippen LogP contribution is -2.67. The smallest absolute Gasteiger partial charge is 0.256 e. The van der Waals surface area contributed by atoms with Crippen LogP contribution in [0.1, 0.15) is 36.7 Å². The Labute approximate surface area is 180 Å². The molecule has 1 saturated heterocycles. The maximum atomic E-state index is 14.5. The summed E-state index contributed by atoms with van der Waals surface area (Å²) in [6, 6.07) is 6.28. The number of hydrogen-bond donors (Lipinski definition) is 3. The van der Waals surface area contributed by atoms with Gasteiger partial charge in [-0.15, -0.1) is 0 Å². The Morgan fingerprint density at radius 3 is 2.42 bits per heavy atom. The first kappa shape index (κ1) is 23.1. The Hall–Kier alpha value is -2.58. The minimum absolute atomic E-state index is 0.0487. The number of likely N-dealkylation sites (tertiary alicyclic amines) is 1. The van der Waals surface area contributed by atoms with Crippen LogP contribution >= 0.6 is 0 Å². The highest BCUT2D eigenvalue weighted by atomic mass is 19.2. The van der Waals surface area contributed by atoms with E-state index in [0.29, 0.717) is 18.7 Å². The third-order valence-corrected chi connectivity index (χ3v) is 5.08. The number of β-amino-alcohol motifs (C(OH)–C–C–N with tert-alkyl or cyclic N) is 1. The Morgan fingerprint density at radius 2 is 1.81 bits per heavy atom. The fraction of sp³-hybridized carbons (Fsp3) is 0.435. The summed E-state index contributed by atoms with van der Waals surface area (Å²) in [5, 5.41) is 16.3. The molecule has 31 heavy (non-hydrogen) atoms. The summed E-state index contributed by atoms with van der Waals surface area (Å²) >= 11 is 0. The number of carbonyl (C=O) groups is 1. The normalized spacial score (nSPS) is 15.5. The molecule has 0 aromatic heterocycles. The highest BCUT2D eigenvalue weighted by Gasteiger charge is 2.44. The van der Waals surface area contributed by atoms with Gasteiger partial charge in [-0.05, 0) is 42.2 Å². The first-order valence-electron chi connectivity index (χ1n) is 10.1. The van der Waals surface area contributed by atoms with Crippen LogP contribution in [0.5, 0.6) is 0 Å². The summed E-state index contributed by atoms with van der Waals surface area (Å²) < 4.78 is 42.6. The lowest BCUT2D eigenvalue weighted by molar-refractivity contribution is -0.0791. The number of benzene rings is 2. The van der Waals surface area contributed by atoms with E-state index in [1.165, 1.54) is 17.0 Å². The van der Waals surface area contributed by atoms with Gasteiger partial charge in [0.1, 0.15) is 11.4 Å². The minimum Gasteiger partial charge on any atom is -0.385 e. The lowest BCUT2D eigenvalue weighted by atomic mass is 9.91. The Kier molecular flexibility index (Phi) is 6.34. The minimum atomic E-state index is -1.27. The van der Waals surface area contributed by atoms with Gasteiger partial charge in [0.25, 0.3) is 5.91 Å². The van der Waals surface area contributed by atoms with Gasteiger partial charge in [0.05, 0.1) is 30.0 Å². The highest BCUT2D eigenvalue weighted by Crippen LogP contribution is 2.31. The molecule has 1 heterocycles. The van der Waals surface area contributed by atoms with Crippen LogP contribution in [-0.2, 0) is 0 Å². The van der Waals surface area contributed by atoms with Crippen molar-refractivity contribution in [2.45, 2.75) is 33.3 Å². The van der Waals surface area contributed by atoms with Crippen LogP contribution in [0, 0.1) is 29.8 Å². The predicted molar refractivity (Wildman–Crippen MR) is 114 cm³/mol. The zero-order chi connectivity index (χ0) is 23.0. The van der Waals surface area contributed by atoms with E-state index in [-0.39, 0.29) is 29.8 Å². The van der Waals surface area contributed by atoms with Gasteiger partial charge in [0, 0.05) is 13.1 Å². The summed E-state index contributed by atoms with van der Waals surface area (Å²) in [4.78, 5) is 14.3. The van der Waals surface area contributed by atoms with Crippen molar-refractivity contribution >= 4 is 17.3 Å². The molecule has 0 spiro atoms. The van der Waals surface area contributed by atoms with Crippen molar-refractivity contribution in [2.75, 3.05) is 31.5 Å². The molecule has 168 valence electrons. The summed E-state index contributed by atoms with van der Waals surface area (Å²) in [5.74, 6) is -3.65. The van der Waals surface area contributed by atoms with Crippen molar-refractivity contribution in [3.05, 3.63) is 58.9 Å². The van der Waals surface area contributed by atoms with Gasteiger partial charge in [-0.1, -0.05) is 26.8 Å². The largest absolute Gasteiger partial charge is 0.385 e. The van der Waals surface area contributed by atoms with E-state index in [9.17, 15) is 23.1 Å². The molecule has 2 aromatic rings. The van der Waals surface area contributed by atoms with Crippen LogP contribution in [0.3, 0.4) is 0 Å². The van der Waals surface area contributed by atoms with Crippen molar-refractivity contribution < 1.29 is 23.1 Å². The van der Waals surface area contributed by atoms with Crippen LogP contribution in [0.25, 0.3) is 0 Å². The second kappa shape index (κ2) is 8.51. The summed E-state index contributed by atoms with van der Waals surface area (Å²) in [6.45, 7) is 9.01. The molecule has 0 saturated carbocycles. The Balaban J connectivity index is 1.76. The molecule has 3 rings (SSSR count). The van der Waals surface area contributed by atoms with E-state index >= 15 is 0 Å². The number of anilines is 2. The molecular formula is C23H28F3N3O2. The molecular weight excluding hydrogens is 407 g/mol. The standard InChI is InChI=1S/C23H28F3N3O2/c1-14-5-8-18(17(25)9-14)28-20-15(6-7-16(24)19(20)26)21(30)29-12-23(31,13-29)11-27-10-22(2,3)4/h5-9,27-28,31H,10-13H2,1-4H3. The Morgan fingerprint density at radius 1 is 1.13 bits per heavy atom. The predicted octanol–water partition coefficient (Wildman–Crippen LogP) is 3.98. The third kappa shape index (κ3) is 5.37. The Bertz CT molecular complexity index is 983. The summed E-state index contributed by atoms with van der Waals surface area (Å²) in [6.07, 6.45) is 0. The zero-order valence-corrected chi connectivity index (χ0v) is 18.2. The number of hydrogen-bond acceptors (Lipinski definition) is 4. The van der Waals surface area contributed by atoms with Crippen molar-refractivity contribution in [3.63, 3.8) is 0 Å². The maximum absolute atomic E-state index is 14.5. The van der Waals surface area contributed by atoms with Crippen LogP contribution < -0.4 is 10.6 Å². The maximum Gasteiger partial charge on any atom is 0.256 e. The molecule has 0 atom stereocenters. The van der Waals surface area contributed by atoms with Crippen LogP contribution in [-0.4, -0.2) is 47.7 Å². The van der Waals surface area contributed by atoms with Crippen molar-refractivity contribution in [1.29, 1.82) is 0 Å². The molecule has 0 bridgehead atoms. The van der Waals surface area contributed by atoms with Gasteiger partial charge in [-0.2, -0.15) is 0 Å². The summed E-state index contributed by atoms with van der Waals surface area (Å²) in [5.41, 5.74) is -1.02. The molecule has 2 aromatic carbocycles. The quantitative estimate of drug-likeness (QED) is 0.642. The molecule has 1 fully saturated rings. The second-order valence-electron chi connectivity index (χ2n) is 9.44. The molecule has 0 unspecified atom stereocenters. The van der Waals surface area contributed by atoms with Crippen LogP contribution in [0.15, 0.2) is 30.3 Å². The molecule has 1 amide bonds. The average molecular weight is 435 g/mol. The van der Waals surface area contributed by atoms with E-state index in [4.69, 9.17) is 0 Å². The molecule has 5 nitrogen and oxygen atoms in total. The first-order chi connectivity index (χ1) is 14.4. The highest BCUT2D eigenvalue weighted by molar-refractivity contribution is 6.01. The van der Waals surface area contributed by atoms with E-state index in [2.05, 4.69) is 31.4 Å². The van der Waals surface area contributed by atoms with Crippen LogP contribution in [0.2, 0.25) is 0 Å². The van der Waals surface area contributed by atoms with Crippen molar-refractivity contribution in [3.8, 4) is 0 Å². The van der Waals surface area contributed by atoms with E-state index in [1.807, 2.05) is 0 Å². The van der Waals surface area contributed by atoms with Gasteiger partial charge in [-0.3, -0.25) is 4.79 Å². The molecule has 0 aliphatic carbocycles. The topological polar surface area (TPSA) is 64.6 Å². The number of nitrogens with one attached hydrogen (secondary N) is 2. The van der Waals surface area contributed by atoms with Crippen LogP contribution in [0.4, 0.5) is 24.5 Å². The van der Waals surface area contributed by atoms with Gasteiger partial charge >= 0.3 is 0 Å². The number of aryl methyl sites for hydroxylation is 1. The van der Waals surface area contributed by atoms with E-state index < -0.39 is 34.6 Å². The average Bonchev–Trinajstić information content (AvgIpc) is 2.64. The molecule has 1 aliphatic rings. The van der Waals surface area contributed by atoms with E-state index in [0.717, 1.165) is 12.1 Å². The van der Waals surface area contributed by atoms with Crippen molar-refractivity contribution in [1.82, 2.24) is 10.2 Å². The number of carbonyl (C=O) groups excluding carboxylic acids is 1. The number of amides is 1. The second-order valence-corrected chi connectivity index (χ2v) is 9.44. The van der Waals surface area contributed by atoms with E-state index in [1.54, 1.807) is 13.0 Å². The van der Waals surface area contributed by atoms with Gasteiger partial charge in [0.15, 0.2) is 11.6 Å². The van der Waals surface area contributed by atoms with Gasteiger partial charge < -0.3 is 20.6 Å². The van der Waals surface area contributed by atoms with Gasteiger partial charge in [-0.25, -0.2) is 13.2 Å². The van der Waals surface area contributed by atoms with Gasteiger partial charge in [0.2, 0.25) is 0 Å². The molecule has 8 heteroatoms. The monoisotopic (exact) mass is 435 g/mol. The number of rotatable bonds is 6. The first-order valence-corrected chi connectivity index (χ1v) is 10.1. The molecule has 0 radical (unpaired) electrons. The zero-order valence-electron chi connectivity index (χ0n) is 18.2. The lowest BCUT2D eigenvalue weighted by Gasteiger charge is -2.47. The SMILES string of the molecule is Cc1ccc(Nc2c(C(=O)N3CC(O)(CNCC(C)(C)C)C3)ccc(F)c2F)c(F)c1. The fourth-order valence-electron chi connectivity index (χ4n) is 3.47. The fourth-order valence-corrected chi connectivity index (χ4v) is 3.47. The molecule has 1 aliphatic heterocycles. The number of halogens is 3. The number of nitrogens with zero attached hydrogens (tertiary/aromatic N) is 1. The van der Waals surface area contributed by atoms with Crippen molar-refractivity contribution in [2.24, 2.45) is 5.41 Å². The molecule has 3 N–H and O–H groups in total. The summed E-state index contributed by atoms with van der Waals surface area (Å²) in [7, 11) is 0. The number of aliphatic hydroxyl groups is 1.